The van der Waals surface area contributed by atoms with E-state index in [1.165, 1.54) is 13.4 Å². The van der Waals surface area contributed by atoms with Crippen molar-refractivity contribution < 1.29 is 32.2 Å². The molecule has 10 nitrogen and oxygen atoms in total. The Hall–Kier alpha value is -3.02. The number of hydrogen-bond acceptors (Lipinski definition) is 8. The van der Waals surface area contributed by atoms with Gasteiger partial charge < -0.3 is 29.3 Å². The lowest BCUT2D eigenvalue weighted by Gasteiger charge is -2.38. The van der Waals surface area contributed by atoms with E-state index in [-0.39, 0.29) is 34.7 Å². The number of likely N-dealkylation sites (tertiary alicyclic amines) is 2. The highest BCUT2D eigenvalue weighted by Crippen LogP contribution is 2.42. The number of amides is 2. The van der Waals surface area contributed by atoms with Gasteiger partial charge in [-0.1, -0.05) is 18.2 Å². The molecule has 41 heavy (non-hydrogen) atoms. The van der Waals surface area contributed by atoms with E-state index >= 15 is 0 Å². The fraction of sp³-hybridized carbons (Fsp3) is 0.517. The Morgan fingerprint density at radius 1 is 0.976 bits per heavy atom. The van der Waals surface area contributed by atoms with E-state index < -0.39 is 15.9 Å². The zero-order chi connectivity index (χ0) is 28.9. The molecule has 2 aromatic rings. The van der Waals surface area contributed by atoms with Crippen molar-refractivity contribution in [3.05, 3.63) is 53.6 Å². The number of hydrogen-bond donors (Lipinski definition) is 1. The van der Waals surface area contributed by atoms with Gasteiger partial charge in [0.05, 0.1) is 37.7 Å². The number of rotatable bonds is 10. The standard InChI is InChI=1S/C29H39N3O7S.ClH/c1-37-25-10-7-22(19-26(25)38-2)24(30-28(34)39-3)11-15-31-16-12-29(13-17-31)14-18-32(27(29)33)20-21-5-8-23(9-6-21)40(4,35)36;/h5-10,19,24H,11-18,20H2,1-4H3,(H,30,34);1H. The van der Waals surface area contributed by atoms with Crippen molar-refractivity contribution in [3.63, 3.8) is 0 Å². The van der Waals surface area contributed by atoms with Gasteiger partial charge in [-0.15, -0.1) is 12.4 Å². The number of alkyl carbamates (subject to hydrolysis) is 1. The normalized spacial score (nSPS) is 17.6. The second-order valence-corrected chi connectivity index (χ2v) is 12.6. The zero-order valence-corrected chi connectivity index (χ0v) is 25.7. The van der Waals surface area contributed by atoms with Gasteiger partial charge in [-0.2, -0.15) is 0 Å². The van der Waals surface area contributed by atoms with E-state index in [0.717, 1.165) is 50.0 Å². The summed E-state index contributed by atoms with van der Waals surface area (Å²) in [5, 5.41) is 2.93. The number of carbonyl (C=O) groups excluding carboxylic acids is 2. The lowest BCUT2D eigenvalue weighted by molar-refractivity contribution is -0.138. The molecule has 0 aromatic heterocycles. The molecule has 1 atom stereocenters. The molecule has 12 heteroatoms. The fourth-order valence-corrected chi connectivity index (χ4v) is 6.31. The topological polar surface area (TPSA) is 114 Å². The van der Waals surface area contributed by atoms with Gasteiger partial charge in [0.1, 0.15) is 0 Å². The number of sulfone groups is 1. The van der Waals surface area contributed by atoms with Gasteiger partial charge in [-0.3, -0.25) is 4.79 Å². The molecule has 1 spiro atoms. The molecule has 0 aliphatic carbocycles. The molecule has 2 amide bonds. The zero-order valence-electron chi connectivity index (χ0n) is 24.1. The van der Waals surface area contributed by atoms with Crippen LogP contribution in [-0.4, -0.2) is 84.0 Å². The maximum absolute atomic E-state index is 13.5. The number of methoxy groups -OCH3 is 3. The van der Waals surface area contributed by atoms with E-state index in [1.807, 2.05) is 23.1 Å². The van der Waals surface area contributed by atoms with Crippen LogP contribution in [0.25, 0.3) is 0 Å². The molecule has 2 aliphatic rings. The monoisotopic (exact) mass is 609 g/mol. The van der Waals surface area contributed by atoms with Crippen LogP contribution >= 0.6 is 12.4 Å². The van der Waals surface area contributed by atoms with Gasteiger partial charge in [0, 0.05) is 25.9 Å². The van der Waals surface area contributed by atoms with Crippen LogP contribution in [0.2, 0.25) is 0 Å². The molecule has 0 saturated carbocycles. The third-order valence-corrected chi connectivity index (χ3v) is 9.29. The predicted molar refractivity (Wildman–Crippen MR) is 157 cm³/mol. The molecule has 2 aromatic carbocycles. The van der Waals surface area contributed by atoms with Gasteiger partial charge in [0.2, 0.25) is 5.91 Å². The highest BCUT2D eigenvalue weighted by molar-refractivity contribution is 7.90. The average molecular weight is 610 g/mol. The maximum Gasteiger partial charge on any atom is 0.407 e. The minimum Gasteiger partial charge on any atom is -0.493 e. The largest absolute Gasteiger partial charge is 0.493 e. The summed E-state index contributed by atoms with van der Waals surface area (Å²) in [5.41, 5.74) is 1.48. The number of piperidine rings is 1. The van der Waals surface area contributed by atoms with Gasteiger partial charge in [0.15, 0.2) is 21.3 Å². The Morgan fingerprint density at radius 2 is 1.61 bits per heavy atom. The number of ether oxygens (including phenoxy) is 3. The van der Waals surface area contributed by atoms with Crippen LogP contribution < -0.4 is 14.8 Å². The molecule has 1 unspecified atom stereocenters. The Kier molecular flexibility index (Phi) is 10.9. The summed E-state index contributed by atoms with van der Waals surface area (Å²) in [5.74, 6) is 1.40. The molecule has 226 valence electrons. The predicted octanol–water partition coefficient (Wildman–Crippen LogP) is 3.83. The molecule has 4 rings (SSSR count). The van der Waals surface area contributed by atoms with E-state index in [9.17, 15) is 18.0 Å². The Morgan fingerprint density at radius 3 is 2.20 bits per heavy atom. The lowest BCUT2D eigenvalue weighted by atomic mass is 9.77. The first-order chi connectivity index (χ1) is 19.1. The molecular weight excluding hydrogens is 570 g/mol. The van der Waals surface area contributed by atoms with E-state index in [4.69, 9.17) is 14.2 Å². The second-order valence-electron chi connectivity index (χ2n) is 10.6. The third kappa shape index (κ3) is 7.64. The summed E-state index contributed by atoms with van der Waals surface area (Å²) in [6.45, 7) is 3.56. The van der Waals surface area contributed by atoms with Crippen molar-refractivity contribution in [3.8, 4) is 11.5 Å². The Labute approximate surface area is 248 Å². The number of carbonyl (C=O) groups is 2. The van der Waals surface area contributed by atoms with Crippen LogP contribution in [0.4, 0.5) is 4.79 Å². The molecular formula is C29H40ClN3O7S. The summed E-state index contributed by atoms with van der Waals surface area (Å²) < 4.78 is 39.1. The second kappa shape index (κ2) is 13.8. The highest BCUT2D eigenvalue weighted by Gasteiger charge is 2.47. The van der Waals surface area contributed by atoms with Crippen LogP contribution in [0.1, 0.15) is 42.9 Å². The van der Waals surface area contributed by atoms with Crippen molar-refractivity contribution >= 4 is 34.2 Å². The maximum atomic E-state index is 13.5. The van der Waals surface area contributed by atoms with Gasteiger partial charge >= 0.3 is 6.09 Å². The Bertz CT molecular complexity index is 1310. The smallest absolute Gasteiger partial charge is 0.407 e. The first-order valence-electron chi connectivity index (χ1n) is 13.5. The van der Waals surface area contributed by atoms with Crippen molar-refractivity contribution in [2.24, 2.45) is 5.41 Å². The number of nitrogens with one attached hydrogen (secondary N) is 1. The van der Waals surface area contributed by atoms with Crippen molar-refractivity contribution in [2.75, 3.05) is 53.8 Å². The van der Waals surface area contributed by atoms with Crippen molar-refractivity contribution in [1.29, 1.82) is 0 Å². The minimum absolute atomic E-state index is 0. The van der Waals surface area contributed by atoms with E-state index in [1.54, 1.807) is 38.5 Å². The molecule has 2 heterocycles. The molecule has 0 radical (unpaired) electrons. The number of halogens is 1. The molecule has 2 aliphatic heterocycles. The third-order valence-electron chi connectivity index (χ3n) is 8.16. The van der Waals surface area contributed by atoms with Crippen LogP contribution in [0, 0.1) is 5.41 Å². The average Bonchev–Trinajstić information content (AvgIpc) is 3.25. The van der Waals surface area contributed by atoms with Crippen LogP contribution in [0.3, 0.4) is 0 Å². The minimum atomic E-state index is -3.25. The first-order valence-corrected chi connectivity index (χ1v) is 15.3. The van der Waals surface area contributed by atoms with Crippen LogP contribution in [0.5, 0.6) is 11.5 Å². The fourth-order valence-electron chi connectivity index (χ4n) is 5.68. The first kappa shape index (κ1) is 32.5. The summed E-state index contributed by atoms with van der Waals surface area (Å²) in [4.78, 5) is 30.1. The van der Waals surface area contributed by atoms with Gasteiger partial charge in [-0.25, -0.2) is 13.2 Å². The van der Waals surface area contributed by atoms with E-state index in [2.05, 4.69) is 10.2 Å². The molecule has 0 bridgehead atoms. The Balaban J connectivity index is 0.00000462. The van der Waals surface area contributed by atoms with Gasteiger partial charge in [-0.05, 0) is 74.2 Å². The number of nitrogens with zero attached hydrogens (tertiary/aromatic N) is 2. The van der Waals surface area contributed by atoms with Crippen LogP contribution in [0.15, 0.2) is 47.4 Å². The molecule has 2 fully saturated rings. The van der Waals surface area contributed by atoms with Crippen molar-refractivity contribution in [2.45, 2.75) is 43.2 Å². The summed E-state index contributed by atoms with van der Waals surface area (Å²) in [6.07, 6.45) is 3.77. The summed E-state index contributed by atoms with van der Waals surface area (Å²) in [7, 11) is 1.26. The SMILES string of the molecule is COC(=O)NC(CCN1CCC2(CC1)CCN(Cc1ccc(S(C)(=O)=O)cc1)C2=O)c1ccc(OC)c(OC)c1.Cl. The quantitative estimate of drug-likeness (QED) is 0.432. The summed E-state index contributed by atoms with van der Waals surface area (Å²) in [6, 6.07) is 12.1. The molecule has 2 saturated heterocycles. The van der Waals surface area contributed by atoms with Gasteiger partial charge in [0.25, 0.3) is 0 Å². The molecule has 1 N–H and O–H groups in total. The lowest BCUT2D eigenvalue weighted by Crippen LogP contribution is -2.45. The van der Waals surface area contributed by atoms with E-state index in [0.29, 0.717) is 31.0 Å². The summed E-state index contributed by atoms with van der Waals surface area (Å²) >= 11 is 0. The van der Waals surface area contributed by atoms with Crippen molar-refractivity contribution in [1.82, 2.24) is 15.1 Å². The number of benzene rings is 2. The van der Waals surface area contributed by atoms with Crippen LogP contribution in [-0.2, 0) is 25.9 Å². The highest BCUT2D eigenvalue weighted by atomic mass is 35.5.